The first-order chi connectivity index (χ1) is 7.65. The molecule has 0 unspecified atom stereocenters. The summed E-state index contributed by atoms with van der Waals surface area (Å²) in [4.78, 5) is 11.3. The summed E-state index contributed by atoms with van der Waals surface area (Å²) < 4.78 is 5.04. The Balaban J connectivity index is 2.39. The second-order valence-corrected chi connectivity index (χ2v) is 4.75. The number of primary amides is 1. The number of hydrogen-bond donors (Lipinski definition) is 2. The minimum Gasteiger partial charge on any atom is -0.385 e. The van der Waals surface area contributed by atoms with Gasteiger partial charge in [0.15, 0.2) is 0 Å². The van der Waals surface area contributed by atoms with Crippen LogP contribution in [-0.4, -0.2) is 31.7 Å². The highest BCUT2D eigenvalue weighted by Crippen LogP contribution is 2.24. The van der Waals surface area contributed by atoms with Crippen LogP contribution in [0.3, 0.4) is 0 Å². The van der Waals surface area contributed by atoms with Gasteiger partial charge in [0.05, 0.1) is 5.92 Å². The Labute approximate surface area is 97.9 Å². The molecule has 0 aromatic heterocycles. The maximum atomic E-state index is 11.3. The predicted octanol–water partition coefficient (Wildman–Crippen LogP) is 1.05. The fourth-order valence-corrected chi connectivity index (χ4v) is 2.41. The van der Waals surface area contributed by atoms with Gasteiger partial charge < -0.3 is 15.8 Å². The van der Waals surface area contributed by atoms with Crippen LogP contribution < -0.4 is 11.1 Å². The SMILES string of the molecule is COCC[C@H](C)N[C@@H]1CCCC[C@@H]1C(N)=O. The van der Waals surface area contributed by atoms with Gasteiger partial charge in [0.2, 0.25) is 5.91 Å². The summed E-state index contributed by atoms with van der Waals surface area (Å²) in [6.07, 6.45) is 5.28. The van der Waals surface area contributed by atoms with E-state index in [4.69, 9.17) is 10.5 Å². The Kier molecular flexibility index (Phi) is 5.77. The molecule has 0 aliphatic heterocycles. The third kappa shape index (κ3) is 4.10. The van der Waals surface area contributed by atoms with Gasteiger partial charge in [-0.05, 0) is 26.2 Å². The zero-order valence-electron chi connectivity index (χ0n) is 10.4. The van der Waals surface area contributed by atoms with Crippen LogP contribution in [0.15, 0.2) is 0 Å². The summed E-state index contributed by atoms with van der Waals surface area (Å²) in [5, 5.41) is 3.50. The van der Waals surface area contributed by atoms with Gasteiger partial charge in [-0.3, -0.25) is 4.79 Å². The summed E-state index contributed by atoms with van der Waals surface area (Å²) in [6, 6.07) is 0.642. The van der Waals surface area contributed by atoms with Crippen molar-refractivity contribution in [2.45, 2.75) is 51.1 Å². The lowest BCUT2D eigenvalue weighted by Gasteiger charge is -2.32. The van der Waals surface area contributed by atoms with Crippen LogP contribution in [0, 0.1) is 5.92 Å². The molecule has 0 aromatic rings. The normalized spacial score (nSPS) is 27.6. The van der Waals surface area contributed by atoms with Crippen LogP contribution in [-0.2, 0) is 9.53 Å². The average Bonchev–Trinajstić information content (AvgIpc) is 2.27. The lowest BCUT2D eigenvalue weighted by atomic mass is 9.83. The number of rotatable bonds is 6. The van der Waals surface area contributed by atoms with E-state index >= 15 is 0 Å². The van der Waals surface area contributed by atoms with Gasteiger partial charge in [0, 0.05) is 25.8 Å². The minimum atomic E-state index is -0.156. The van der Waals surface area contributed by atoms with E-state index in [-0.39, 0.29) is 17.9 Å². The van der Waals surface area contributed by atoms with Crippen molar-refractivity contribution in [3.63, 3.8) is 0 Å². The molecule has 1 aliphatic rings. The monoisotopic (exact) mass is 228 g/mol. The van der Waals surface area contributed by atoms with E-state index in [1.807, 2.05) is 0 Å². The minimum absolute atomic E-state index is 0.0127. The lowest BCUT2D eigenvalue weighted by molar-refractivity contribution is -0.123. The van der Waals surface area contributed by atoms with E-state index in [2.05, 4.69) is 12.2 Å². The molecule has 1 fully saturated rings. The van der Waals surface area contributed by atoms with Crippen molar-refractivity contribution in [1.29, 1.82) is 0 Å². The third-order valence-corrected chi connectivity index (χ3v) is 3.38. The molecular formula is C12H24N2O2. The molecule has 0 aromatic carbocycles. The number of nitrogens with one attached hydrogen (secondary N) is 1. The van der Waals surface area contributed by atoms with E-state index in [0.717, 1.165) is 32.3 Å². The van der Waals surface area contributed by atoms with Crippen molar-refractivity contribution in [3.05, 3.63) is 0 Å². The molecule has 4 heteroatoms. The van der Waals surface area contributed by atoms with E-state index in [9.17, 15) is 4.79 Å². The summed E-state index contributed by atoms with van der Waals surface area (Å²) in [5.41, 5.74) is 5.43. The number of methoxy groups -OCH3 is 1. The van der Waals surface area contributed by atoms with Crippen LogP contribution in [0.1, 0.15) is 39.0 Å². The molecule has 1 amide bonds. The Bertz CT molecular complexity index is 221. The molecule has 4 nitrogen and oxygen atoms in total. The van der Waals surface area contributed by atoms with Crippen LogP contribution in [0.5, 0.6) is 0 Å². The molecule has 0 heterocycles. The van der Waals surface area contributed by atoms with Crippen molar-refractivity contribution in [2.75, 3.05) is 13.7 Å². The summed E-state index contributed by atoms with van der Waals surface area (Å²) in [5.74, 6) is -0.144. The van der Waals surface area contributed by atoms with Gasteiger partial charge in [0.25, 0.3) is 0 Å². The predicted molar refractivity (Wildman–Crippen MR) is 64.0 cm³/mol. The fraction of sp³-hybridized carbons (Fsp3) is 0.917. The molecule has 1 rings (SSSR count). The average molecular weight is 228 g/mol. The van der Waals surface area contributed by atoms with E-state index in [1.54, 1.807) is 7.11 Å². The smallest absolute Gasteiger partial charge is 0.222 e. The van der Waals surface area contributed by atoms with Gasteiger partial charge in [-0.1, -0.05) is 12.8 Å². The molecule has 0 radical (unpaired) electrons. The third-order valence-electron chi connectivity index (χ3n) is 3.38. The fourth-order valence-electron chi connectivity index (χ4n) is 2.41. The molecular weight excluding hydrogens is 204 g/mol. The van der Waals surface area contributed by atoms with Gasteiger partial charge in [-0.2, -0.15) is 0 Å². The molecule has 3 atom stereocenters. The van der Waals surface area contributed by atoms with Gasteiger partial charge in [-0.25, -0.2) is 0 Å². The number of amides is 1. The van der Waals surface area contributed by atoms with E-state index in [0.29, 0.717) is 6.04 Å². The van der Waals surface area contributed by atoms with Gasteiger partial charge in [-0.15, -0.1) is 0 Å². The molecule has 94 valence electrons. The first-order valence-electron chi connectivity index (χ1n) is 6.19. The maximum absolute atomic E-state index is 11.3. The first-order valence-corrected chi connectivity index (χ1v) is 6.19. The van der Waals surface area contributed by atoms with Gasteiger partial charge >= 0.3 is 0 Å². The first kappa shape index (κ1) is 13.5. The quantitative estimate of drug-likeness (QED) is 0.714. The number of hydrogen-bond acceptors (Lipinski definition) is 3. The molecule has 0 bridgehead atoms. The Morgan fingerprint density at radius 1 is 1.50 bits per heavy atom. The van der Waals surface area contributed by atoms with Crippen molar-refractivity contribution in [1.82, 2.24) is 5.32 Å². The summed E-state index contributed by atoms with van der Waals surface area (Å²) >= 11 is 0. The summed E-state index contributed by atoms with van der Waals surface area (Å²) in [7, 11) is 1.71. The van der Waals surface area contributed by atoms with Crippen LogP contribution in [0.4, 0.5) is 0 Å². The highest BCUT2D eigenvalue weighted by molar-refractivity contribution is 5.77. The highest BCUT2D eigenvalue weighted by Gasteiger charge is 2.29. The topological polar surface area (TPSA) is 64.3 Å². The number of carbonyl (C=O) groups excluding carboxylic acids is 1. The zero-order valence-corrected chi connectivity index (χ0v) is 10.4. The molecule has 1 saturated carbocycles. The van der Waals surface area contributed by atoms with Crippen LogP contribution in [0.2, 0.25) is 0 Å². The number of carbonyl (C=O) groups is 1. The Morgan fingerprint density at radius 2 is 2.19 bits per heavy atom. The van der Waals surface area contributed by atoms with Crippen LogP contribution in [0.25, 0.3) is 0 Å². The van der Waals surface area contributed by atoms with Crippen molar-refractivity contribution >= 4 is 5.91 Å². The van der Waals surface area contributed by atoms with Crippen molar-refractivity contribution < 1.29 is 9.53 Å². The highest BCUT2D eigenvalue weighted by atomic mass is 16.5. The van der Waals surface area contributed by atoms with Crippen LogP contribution >= 0.6 is 0 Å². The van der Waals surface area contributed by atoms with E-state index < -0.39 is 0 Å². The summed E-state index contributed by atoms with van der Waals surface area (Å²) in [6.45, 7) is 2.88. The number of nitrogens with two attached hydrogens (primary N) is 1. The molecule has 1 aliphatic carbocycles. The maximum Gasteiger partial charge on any atom is 0.222 e. The van der Waals surface area contributed by atoms with E-state index in [1.165, 1.54) is 6.42 Å². The number of ether oxygens (including phenoxy) is 1. The molecule has 16 heavy (non-hydrogen) atoms. The second kappa shape index (κ2) is 6.86. The largest absolute Gasteiger partial charge is 0.385 e. The molecule has 0 saturated heterocycles. The zero-order chi connectivity index (χ0) is 12.0. The molecule has 0 spiro atoms. The Hall–Kier alpha value is -0.610. The van der Waals surface area contributed by atoms with Crippen molar-refractivity contribution in [3.8, 4) is 0 Å². The van der Waals surface area contributed by atoms with Gasteiger partial charge in [0.1, 0.15) is 0 Å². The second-order valence-electron chi connectivity index (χ2n) is 4.75. The lowest BCUT2D eigenvalue weighted by Crippen LogP contribution is -2.48. The Morgan fingerprint density at radius 3 is 2.81 bits per heavy atom. The molecule has 3 N–H and O–H groups in total. The standard InChI is InChI=1S/C12H24N2O2/c1-9(7-8-16-2)14-11-6-4-3-5-10(11)12(13)15/h9-11,14H,3-8H2,1-2H3,(H2,13,15)/t9-,10-,11+/m0/s1. The van der Waals surface area contributed by atoms with Crippen molar-refractivity contribution in [2.24, 2.45) is 11.7 Å².